The van der Waals surface area contributed by atoms with Crippen molar-refractivity contribution in [2.45, 2.75) is 193 Å². The highest BCUT2D eigenvalue weighted by Gasteiger charge is 2.23. The van der Waals surface area contributed by atoms with Crippen LogP contribution in [0, 0.1) is 0 Å². The lowest BCUT2D eigenvalue weighted by molar-refractivity contribution is -0.161. The topological polar surface area (TPSA) is 140 Å². The first kappa shape index (κ1) is 50.0. The number of rotatable bonds is 37. The number of hydrogen-bond acceptors (Lipinski definition) is 7. The number of ether oxygens (including phenoxy) is 2. The summed E-state index contributed by atoms with van der Waals surface area (Å²) in [5.41, 5.74) is 0. The summed E-state index contributed by atoms with van der Waals surface area (Å²) in [6.45, 7) is 3.50. The van der Waals surface area contributed by atoms with Crippen molar-refractivity contribution < 1.29 is 43.0 Å². The zero-order valence-electron chi connectivity index (χ0n) is 32.8. The highest BCUT2D eigenvalue weighted by molar-refractivity contribution is 7.46. The van der Waals surface area contributed by atoms with Crippen molar-refractivity contribution >= 4 is 19.8 Å². The summed E-state index contributed by atoms with van der Waals surface area (Å²) in [6, 6.07) is 0. The van der Waals surface area contributed by atoms with Crippen LogP contribution in [0.1, 0.15) is 181 Å². The van der Waals surface area contributed by atoms with Gasteiger partial charge >= 0.3 is 19.8 Å². The van der Waals surface area contributed by atoms with Gasteiger partial charge in [-0.2, -0.15) is 0 Å². The van der Waals surface area contributed by atoms with E-state index in [4.69, 9.17) is 19.3 Å². The van der Waals surface area contributed by atoms with E-state index in [0.717, 1.165) is 38.5 Å². The van der Waals surface area contributed by atoms with Gasteiger partial charge in [0.25, 0.3) is 0 Å². The summed E-state index contributed by atoms with van der Waals surface area (Å²) in [4.78, 5) is 42.8. The van der Waals surface area contributed by atoms with E-state index in [2.05, 4.69) is 42.7 Å². The van der Waals surface area contributed by atoms with Crippen molar-refractivity contribution in [3.8, 4) is 0 Å². The molecule has 0 spiro atoms. The lowest BCUT2D eigenvalue weighted by atomic mass is 10.0. The standard InChI is InChI=1S/C42H75O9P/c1-3-5-7-9-11-13-15-17-18-19-21-23-25-27-29-31-35-41(44)49-37-40(38-50-52(46,47)48)51-42(45)36-32-34-39(43)33-30-28-26-24-22-20-16-14-12-10-8-6-4-2/h12,14,20,22,26,28,30,33,39-40,43H,3-11,13,15-19,21,23-25,27,29,31-32,34-38H2,1-2H3,(H2,46,47,48)/b14-12-,22-20-,28-26-,33-30+/t39-,40+/m0/s1. The fraction of sp³-hybridized carbons (Fsp3) is 0.762. The molecule has 0 amide bonds. The third kappa shape index (κ3) is 39.2. The molecule has 0 saturated carbocycles. The highest BCUT2D eigenvalue weighted by atomic mass is 31.2. The predicted molar refractivity (Wildman–Crippen MR) is 213 cm³/mol. The molecule has 0 heterocycles. The molecule has 0 aliphatic heterocycles. The molecule has 0 rings (SSSR count). The van der Waals surface area contributed by atoms with E-state index in [0.29, 0.717) is 19.3 Å². The Labute approximate surface area is 317 Å². The first-order valence-corrected chi connectivity index (χ1v) is 22.1. The van der Waals surface area contributed by atoms with E-state index in [1.54, 1.807) is 12.2 Å². The van der Waals surface area contributed by atoms with Crippen molar-refractivity contribution in [2.24, 2.45) is 0 Å². The zero-order chi connectivity index (χ0) is 38.4. The average molecular weight is 755 g/mol. The number of carbonyl (C=O) groups excluding carboxylic acids is 2. The maximum atomic E-state index is 12.4. The van der Waals surface area contributed by atoms with Gasteiger partial charge in [0, 0.05) is 12.8 Å². The molecule has 0 aliphatic carbocycles. The summed E-state index contributed by atoms with van der Waals surface area (Å²) in [5, 5.41) is 10.2. The Morgan fingerprint density at radius 2 is 1.10 bits per heavy atom. The van der Waals surface area contributed by atoms with Crippen molar-refractivity contribution in [3.05, 3.63) is 48.6 Å². The van der Waals surface area contributed by atoms with Crippen molar-refractivity contribution in [3.63, 3.8) is 0 Å². The Hall–Kier alpha value is -2.03. The SMILES string of the molecule is CCCCC/C=C\C/C=C\C/C=C\C=C\[C@H](O)CCCC(=O)O[C@H](COC(=O)CCCCCCCCCCCCCCCCCC)COP(=O)(O)O. The molecule has 0 radical (unpaired) electrons. The Kier molecular flexibility index (Phi) is 35.8. The molecule has 0 aliphatic rings. The molecule has 0 unspecified atom stereocenters. The Bertz CT molecular complexity index is 1000. The summed E-state index contributed by atoms with van der Waals surface area (Å²) in [7, 11) is -4.81. The maximum absolute atomic E-state index is 12.4. The summed E-state index contributed by atoms with van der Waals surface area (Å²) < 4.78 is 26.2. The minimum absolute atomic E-state index is 0.0157. The highest BCUT2D eigenvalue weighted by Crippen LogP contribution is 2.36. The lowest BCUT2D eigenvalue weighted by Gasteiger charge is -2.18. The molecular weight excluding hydrogens is 679 g/mol. The van der Waals surface area contributed by atoms with E-state index >= 15 is 0 Å². The van der Waals surface area contributed by atoms with Crippen LogP contribution in [0.25, 0.3) is 0 Å². The largest absolute Gasteiger partial charge is 0.469 e. The molecule has 302 valence electrons. The van der Waals surface area contributed by atoms with Gasteiger partial charge in [-0.3, -0.25) is 14.1 Å². The Morgan fingerprint density at radius 3 is 1.67 bits per heavy atom. The zero-order valence-corrected chi connectivity index (χ0v) is 33.7. The van der Waals surface area contributed by atoms with E-state index in [1.165, 1.54) is 96.3 Å². The minimum Gasteiger partial charge on any atom is -0.462 e. The lowest BCUT2D eigenvalue weighted by Crippen LogP contribution is -2.29. The van der Waals surface area contributed by atoms with Crippen LogP contribution in [-0.4, -0.2) is 52.3 Å². The Balaban J connectivity index is 4.12. The van der Waals surface area contributed by atoms with Crippen LogP contribution >= 0.6 is 7.82 Å². The molecule has 0 aromatic rings. The number of esters is 2. The van der Waals surface area contributed by atoms with Crippen LogP contribution in [0.2, 0.25) is 0 Å². The molecule has 3 N–H and O–H groups in total. The normalized spacial score (nSPS) is 13.6. The number of phosphoric acid groups is 1. The van der Waals surface area contributed by atoms with Crippen molar-refractivity contribution in [2.75, 3.05) is 13.2 Å². The molecule has 9 nitrogen and oxygen atoms in total. The van der Waals surface area contributed by atoms with Gasteiger partial charge in [-0.05, 0) is 44.9 Å². The average Bonchev–Trinajstić information content (AvgIpc) is 3.10. The quantitative estimate of drug-likeness (QED) is 0.0186. The number of aliphatic hydroxyl groups is 1. The fourth-order valence-corrected chi connectivity index (χ4v) is 5.95. The van der Waals surface area contributed by atoms with E-state index in [1.807, 2.05) is 12.2 Å². The van der Waals surface area contributed by atoms with Crippen molar-refractivity contribution in [1.29, 1.82) is 0 Å². The van der Waals surface area contributed by atoms with E-state index < -0.39 is 38.6 Å². The van der Waals surface area contributed by atoms with E-state index in [9.17, 15) is 19.3 Å². The first-order valence-electron chi connectivity index (χ1n) is 20.5. The fourth-order valence-electron chi connectivity index (χ4n) is 5.59. The first-order chi connectivity index (χ1) is 25.2. The Morgan fingerprint density at radius 1 is 0.596 bits per heavy atom. The van der Waals surface area contributed by atoms with Gasteiger partial charge in [0.1, 0.15) is 6.61 Å². The molecular formula is C42H75O9P. The number of allylic oxidation sites excluding steroid dienone is 7. The maximum Gasteiger partial charge on any atom is 0.469 e. The van der Waals surface area contributed by atoms with Gasteiger partial charge < -0.3 is 24.4 Å². The van der Waals surface area contributed by atoms with Gasteiger partial charge in [-0.15, -0.1) is 0 Å². The molecule has 0 fully saturated rings. The third-order valence-electron chi connectivity index (χ3n) is 8.70. The van der Waals surface area contributed by atoms with Crippen LogP contribution in [0.5, 0.6) is 0 Å². The minimum atomic E-state index is -4.81. The number of unbranched alkanes of at least 4 members (excludes halogenated alkanes) is 18. The molecule has 0 bridgehead atoms. The second-order valence-electron chi connectivity index (χ2n) is 13.8. The van der Waals surface area contributed by atoms with Gasteiger partial charge in [0.05, 0.1) is 12.7 Å². The number of phosphoric ester groups is 1. The number of aliphatic hydroxyl groups excluding tert-OH is 1. The second kappa shape index (κ2) is 37.3. The summed E-state index contributed by atoms with van der Waals surface area (Å²) in [5.74, 6) is -1.08. The number of hydrogen-bond donors (Lipinski definition) is 3. The molecule has 52 heavy (non-hydrogen) atoms. The van der Waals surface area contributed by atoms with E-state index in [-0.39, 0.29) is 19.4 Å². The predicted octanol–water partition coefficient (Wildman–Crippen LogP) is 11.3. The molecule has 0 aromatic carbocycles. The third-order valence-corrected chi connectivity index (χ3v) is 9.19. The molecule has 10 heteroatoms. The summed E-state index contributed by atoms with van der Waals surface area (Å²) >= 11 is 0. The monoisotopic (exact) mass is 755 g/mol. The van der Waals surface area contributed by atoms with Crippen LogP contribution < -0.4 is 0 Å². The molecule has 0 saturated heterocycles. The van der Waals surface area contributed by atoms with Gasteiger partial charge in [0.15, 0.2) is 6.10 Å². The molecule has 2 atom stereocenters. The van der Waals surface area contributed by atoms with Crippen LogP contribution in [0.3, 0.4) is 0 Å². The smallest absolute Gasteiger partial charge is 0.462 e. The summed E-state index contributed by atoms with van der Waals surface area (Å²) in [6.07, 6.45) is 41.5. The van der Waals surface area contributed by atoms with Crippen molar-refractivity contribution in [1.82, 2.24) is 0 Å². The van der Waals surface area contributed by atoms with Crippen LogP contribution in [0.4, 0.5) is 0 Å². The van der Waals surface area contributed by atoms with Crippen LogP contribution in [0.15, 0.2) is 48.6 Å². The second-order valence-corrected chi connectivity index (χ2v) is 15.1. The number of carbonyl (C=O) groups is 2. The van der Waals surface area contributed by atoms with Gasteiger partial charge in [-0.1, -0.05) is 172 Å². The van der Waals surface area contributed by atoms with Gasteiger partial charge in [0.2, 0.25) is 0 Å². The van der Waals surface area contributed by atoms with Crippen LogP contribution in [-0.2, 0) is 28.2 Å². The molecule has 0 aromatic heterocycles. The van der Waals surface area contributed by atoms with Gasteiger partial charge in [-0.25, -0.2) is 4.57 Å².